The van der Waals surface area contributed by atoms with Crippen LogP contribution in [0.4, 0.5) is 0 Å². The molecule has 0 aromatic heterocycles. The molecule has 1 aliphatic heterocycles. The highest BCUT2D eigenvalue weighted by atomic mass is 16.5. The van der Waals surface area contributed by atoms with Crippen LogP contribution in [0, 0.1) is 0 Å². The molecule has 2 aromatic rings. The van der Waals surface area contributed by atoms with E-state index in [-0.39, 0.29) is 5.60 Å². The molecule has 0 spiro atoms. The molecule has 0 saturated heterocycles. The van der Waals surface area contributed by atoms with Gasteiger partial charge in [0.2, 0.25) is 0 Å². The van der Waals surface area contributed by atoms with Crippen LogP contribution in [0.1, 0.15) is 18.1 Å². The van der Waals surface area contributed by atoms with Gasteiger partial charge < -0.3 is 4.74 Å². The van der Waals surface area contributed by atoms with Crippen LogP contribution < -0.4 is 4.74 Å². The second-order valence-electron chi connectivity index (χ2n) is 4.95. The van der Waals surface area contributed by atoms with Crippen molar-refractivity contribution < 1.29 is 4.74 Å². The summed E-state index contributed by atoms with van der Waals surface area (Å²) in [6.45, 7) is 2.13. The molecule has 3 rings (SSSR count). The first-order chi connectivity index (χ1) is 8.75. The molecule has 2 aromatic carbocycles. The van der Waals surface area contributed by atoms with Crippen molar-refractivity contribution in [2.75, 3.05) is 0 Å². The van der Waals surface area contributed by atoms with Crippen LogP contribution in [0.3, 0.4) is 0 Å². The van der Waals surface area contributed by atoms with Gasteiger partial charge in [0.05, 0.1) is 0 Å². The number of para-hydroxylation sites is 1. The lowest BCUT2D eigenvalue weighted by Gasteiger charge is -2.31. The molecular formula is C17H16O. The number of hydrogen-bond donors (Lipinski definition) is 0. The van der Waals surface area contributed by atoms with E-state index < -0.39 is 0 Å². The third-order valence-electron chi connectivity index (χ3n) is 3.28. The Balaban J connectivity index is 1.86. The highest BCUT2D eigenvalue weighted by molar-refractivity contribution is 5.60. The Hall–Kier alpha value is -2.02. The molecule has 90 valence electrons. The Morgan fingerprint density at radius 3 is 2.50 bits per heavy atom. The van der Waals surface area contributed by atoms with Crippen LogP contribution in [-0.4, -0.2) is 5.60 Å². The average Bonchev–Trinajstić information content (AvgIpc) is 2.39. The maximum absolute atomic E-state index is 6.14. The molecule has 1 atom stereocenters. The fourth-order valence-corrected chi connectivity index (χ4v) is 2.36. The van der Waals surface area contributed by atoms with Gasteiger partial charge in [-0.3, -0.25) is 0 Å². The van der Waals surface area contributed by atoms with E-state index in [1.165, 1.54) is 5.56 Å². The van der Waals surface area contributed by atoms with E-state index in [9.17, 15) is 0 Å². The maximum Gasteiger partial charge on any atom is 0.129 e. The van der Waals surface area contributed by atoms with Crippen molar-refractivity contribution >= 4 is 6.08 Å². The summed E-state index contributed by atoms with van der Waals surface area (Å²) in [7, 11) is 0. The first-order valence-corrected chi connectivity index (χ1v) is 6.26. The van der Waals surface area contributed by atoms with Crippen LogP contribution in [0.5, 0.6) is 5.75 Å². The Labute approximate surface area is 108 Å². The molecule has 1 unspecified atom stereocenters. The molecule has 1 heteroatoms. The van der Waals surface area contributed by atoms with Crippen LogP contribution >= 0.6 is 0 Å². The van der Waals surface area contributed by atoms with Crippen molar-refractivity contribution in [2.45, 2.75) is 18.9 Å². The van der Waals surface area contributed by atoms with E-state index in [1.807, 2.05) is 24.3 Å². The molecule has 0 aliphatic carbocycles. The van der Waals surface area contributed by atoms with E-state index in [1.54, 1.807) is 0 Å². The molecule has 0 N–H and O–H groups in total. The quantitative estimate of drug-likeness (QED) is 0.763. The van der Waals surface area contributed by atoms with Crippen molar-refractivity contribution in [3.8, 4) is 5.75 Å². The number of benzene rings is 2. The lowest BCUT2D eigenvalue weighted by Crippen LogP contribution is -2.34. The largest absolute Gasteiger partial charge is 0.483 e. The molecule has 18 heavy (non-hydrogen) atoms. The van der Waals surface area contributed by atoms with Gasteiger partial charge in [-0.25, -0.2) is 0 Å². The average molecular weight is 236 g/mol. The van der Waals surface area contributed by atoms with Gasteiger partial charge in [-0.1, -0.05) is 54.6 Å². The Morgan fingerprint density at radius 1 is 0.944 bits per heavy atom. The minimum atomic E-state index is -0.254. The van der Waals surface area contributed by atoms with Gasteiger partial charge in [0.25, 0.3) is 0 Å². The topological polar surface area (TPSA) is 9.23 Å². The second kappa shape index (κ2) is 4.34. The molecule has 0 bridgehead atoms. The predicted molar refractivity (Wildman–Crippen MR) is 74.7 cm³/mol. The van der Waals surface area contributed by atoms with Crippen LogP contribution in [0.15, 0.2) is 60.7 Å². The van der Waals surface area contributed by atoms with Crippen LogP contribution in [0.2, 0.25) is 0 Å². The smallest absolute Gasteiger partial charge is 0.129 e. The Morgan fingerprint density at radius 2 is 1.67 bits per heavy atom. The maximum atomic E-state index is 6.14. The van der Waals surface area contributed by atoms with E-state index in [4.69, 9.17) is 4.74 Å². The first-order valence-electron chi connectivity index (χ1n) is 6.26. The minimum absolute atomic E-state index is 0.254. The highest BCUT2D eigenvalue weighted by Gasteiger charge is 2.27. The van der Waals surface area contributed by atoms with Crippen LogP contribution in [-0.2, 0) is 6.42 Å². The van der Waals surface area contributed by atoms with Gasteiger partial charge in [-0.05, 0) is 24.6 Å². The lowest BCUT2D eigenvalue weighted by molar-refractivity contribution is 0.138. The molecule has 1 nitrogen and oxygen atoms in total. The Kier molecular flexibility index (Phi) is 2.67. The van der Waals surface area contributed by atoms with Crippen molar-refractivity contribution in [1.29, 1.82) is 0 Å². The van der Waals surface area contributed by atoms with Gasteiger partial charge in [0.15, 0.2) is 0 Å². The molecule has 0 fully saturated rings. The van der Waals surface area contributed by atoms with Gasteiger partial charge in [0.1, 0.15) is 11.4 Å². The molecule has 0 saturated carbocycles. The lowest BCUT2D eigenvalue weighted by atomic mass is 9.93. The number of fused-ring (bicyclic) bond motifs is 1. The number of hydrogen-bond acceptors (Lipinski definition) is 1. The minimum Gasteiger partial charge on any atom is -0.483 e. The summed E-state index contributed by atoms with van der Waals surface area (Å²) in [5, 5.41) is 0. The van der Waals surface area contributed by atoms with Crippen molar-refractivity contribution in [1.82, 2.24) is 0 Å². The number of ether oxygens (including phenoxy) is 1. The fraction of sp³-hybridized carbons (Fsp3) is 0.176. The SMILES string of the molecule is CC1(Cc2ccccc2)C=Cc2ccccc2O1. The predicted octanol–water partition coefficient (Wildman–Crippen LogP) is 4.09. The summed E-state index contributed by atoms with van der Waals surface area (Å²) in [5.74, 6) is 0.971. The molecule has 0 radical (unpaired) electrons. The Bertz CT molecular complexity index is 571. The van der Waals surface area contributed by atoms with E-state index >= 15 is 0 Å². The van der Waals surface area contributed by atoms with Gasteiger partial charge in [0, 0.05) is 12.0 Å². The molecule has 1 heterocycles. The van der Waals surface area contributed by atoms with E-state index in [0.717, 1.165) is 17.7 Å². The summed E-state index contributed by atoms with van der Waals surface area (Å²) < 4.78 is 6.14. The van der Waals surface area contributed by atoms with E-state index in [0.29, 0.717) is 0 Å². The summed E-state index contributed by atoms with van der Waals surface area (Å²) in [5.41, 5.74) is 2.20. The zero-order valence-corrected chi connectivity index (χ0v) is 10.5. The third-order valence-corrected chi connectivity index (χ3v) is 3.28. The van der Waals surface area contributed by atoms with Gasteiger partial charge in [-0.2, -0.15) is 0 Å². The van der Waals surface area contributed by atoms with Gasteiger partial charge >= 0.3 is 0 Å². The summed E-state index contributed by atoms with van der Waals surface area (Å²) in [6.07, 6.45) is 5.20. The molecule has 0 amide bonds. The zero-order chi connectivity index (χ0) is 12.4. The molecule has 1 aliphatic rings. The second-order valence-corrected chi connectivity index (χ2v) is 4.95. The number of rotatable bonds is 2. The summed E-state index contributed by atoms with van der Waals surface area (Å²) in [4.78, 5) is 0. The molecular weight excluding hydrogens is 220 g/mol. The normalized spacial score (nSPS) is 21.2. The van der Waals surface area contributed by atoms with Crippen LogP contribution in [0.25, 0.3) is 6.08 Å². The summed E-state index contributed by atoms with van der Waals surface area (Å²) in [6, 6.07) is 18.6. The van der Waals surface area contributed by atoms with Crippen molar-refractivity contribution in [2.24, 2.45) is 0 Å². The third kappa shape index (κ3) is 2.17. The fourth-order valence-electron chi connectivity index (χ4n) is 2.36. The standard InChI is InChI=1S/C17H16O/c1-17(13-14-7-3-2-4-8-14)12-11-15-9-5-6-10-16(15)18-17/h2-12H,13H2,1H3. The highest BCUT2D eigenvalue weighted by Crippen LogP contribution is 2.32. The summed E-state index contributed by atoms with van der Waals surface area (Å²) >= 11 is 0. The van der Waals surface area contributed by atoms with Crippen molar-refractivity contribution in [3.05, 3.63) is 71.8 Å². The van der Waals surface area contributed by atoms with E-state index in [2.05, 4.69) is 49.4 Å². The monoisotopic (exact) mass is 236 g/mol. The first kappa shape index (κ1) is 11.1. The zero-order valence-electron chi connectivity index (χ0n) is 10.5. The van der Waals surface area contributed by atoms with Crippen molar-refractivity contribution in [3.63, 3.8) is 0 Å². The van der Waals surface area contributed by atoms with Gasteiger partial charge in [-0.15, -0.1) is 0 Å².